The molecule has 0 saturated carbocycles. The number of hydrogen-bond donors (Lipinski definition) is 3. The lowest BCUT2D eigenvalue weighted by Gasteiger charge is -2.05. The first kappa shape index (κ1) is 16.1. The van der Waals surface area contributed by atoms with E-state index < -0.39 is 0 Å². The second-order valence-corrected chi connectivity index (χ2v) is 6.01. The van der Waals surface area contributed by atoms with Crippen molar-refractivity contribution in [1.29, 1.82) is 0 Å². The average Bonchev–Trinajstić information content (AvgIpc) is 3.01. The molecule has 3 aromatic rings. The first-order valence-electron chi connectivity index (χ1n) is 7.37. The third kappa shape index (κ3) is 3.26. The summed E-state index contributed by atoms with van der Waals surface area (Å²) < 4.78 is 0. The molecule has 0 fully saturated rings. The maximum absolute atomic E-state index is 12.3. The van der Waals surface area contributed by atoms with Crippen LogP contribution in [0.1, 0.15) is 21.6 Å². The number of aromatic amines is 1. The molecule has 0 saturated heterocycles. The lowest BCUT2D eigenvalue weighted by molar-refractivity contribution is 0.102. The van der Waals surface area contributed by atoms with Crippen molar-refractivity contribution in [2.45, 2.75) is 13.8 Å². The van der Waals surface area contributed by atoms with Gasteiger partial charge >= 0.3 is 0 Å². The molecule has 122 valence electrons. The van der Waals surface area contributed by atoms with Crippen LogP contribution in [0.25, 0.3) is 11.3 Å². The fourth-order valence-corrected chi connectivity index (χ4v) is 2.48. The molecular weight excluding hydrogens is 326 g/mol. The number of aryl methyl sites for hydroxylation is 2. The van der Waals surface area contributed by atoms with Crippen LogP contribution < -0.4 is 5.32 Å². The Morgan fingerprint density at radius 1 is 1.17 bits per heavy atom. The summed E-state index contributed by atoms with van der Waals surface area (Å²) in [5, 5.41) is 20.1. The number of hydrogen-bond acceptors (Lipinski definition) is 3. The number of rotatable bonds is 3. The zero-order chi connectivity index (χ0) is 17.3. The maximum atomic E-state index is 12.3. The third-order valence-corrected chi connectivity index (χ3v) is 4.09. The molecule has 0 aliphatic heterocycles. The van der Waals surface area contributed by atoms with E-state index in [9.17, 15) is 9.90 Å². The van der Waals surface area contributed by atoms with Crippen molar-refractivity contribution in [2.24, 2.45) is 0 Å². The standard InChI is InChI=1S/C18H16ClN3O2/c1-10-3-6-13(17(23)7-10)15-9-16(22-21-15)18(24)20-12-5-4-11(2)14(19)8-12/h3-9,23H,1-2H3,(H,20,24)(H,21,22). The molecule has 0 bridgehead atoms. The minimum atomic E-state index is -0.333. The van der Waals surface area contributed by atoms with E-state index in [1.165, 1.54) is 0 Å². The summed E-state index contributed by atoms with van der Waals surface area (Å²) in [5.41, 5.74) is 3.84. The smallest absolute Gasteiger partial charge is 0.273 e. The number of H-pyrrole nitrogens is 1. The molecule has 1 aromatic heterocycles. The third-order valence-electron chi connectivity index (χ3n) is 3.68. The van der Waals surface area contributed by atoms with E-state index in [4.69, 9.17) is 11.6 Å². The zero-order valence-electron chi connectivity index (χ0n) is 13.2. The Bertz CT molecular complexity index is 918. The van der Waals surface area contributed by atoms with Crippen LogP contribution >= 0.6 is 11.6 Å². The number of amides is 1. The molecule has 3 rings (SSSR count). The summed E-state index contributed by atoms with van der Waals surface area (Å²) in [5.74, 6) is -0.209. The van der Waals surface area contributed by atoms with E-state index in [2.05, 4.69) is 15.5 Å². The highest BCUT2D eigenvalue weighted by molar-refractivity contribution is 6.31. The fourth-order valence-electron chi connectivity index (χ4n) is 2.30. The van der Waals surface area contributed by atoms with Crippen molar-refractivity contribution in [3.8, 4) is 17.0 Å². The number of aromatic nitrogens is 2. The summed E-state index contributed by atoms with van der Waals surface area (Å²) in [6.45, 7) is 3.78. The van der Waals surface area contributed by atoms with Crippen molar-refractivity contribution in [3.63, 3.8) is 0 Å². The van der Waals surface area contributed by atoms with Gasteiger partial charge in [0, 0.05) is 16.3 Å². The number of nitrogens with one attached hydrogen (secondary N) is 2. The molecule has 1 heterocycles. The number of nitrogens with zero attached hydrogens (tertiary/aromatic N) is 1. The largest absolute Gasteiger partial charge is 0.507 e. The normalized spacial score (nSPS) is 10.6. The van der Waals surface area contributed by atoms with Crippen LogP contribution in [0.2, 0.25) is 5.02 Å². The molecule has 0 aliphatic rings. The number of phenolic OH excluding ortho intramolecular Hbond substituents is 1. The Morgan fingerprint density at radius 2 is 1.96 bits per heavy atom. The SMILES string of the molecule is Cc1ccc(-c2cc(C(=O)Nc3ccc(C)c(Cl)c3)[nH]n2)c(O)c1. The van der Waals surface area contributed by atoms with E-state index in [1.807, 2.05) is 26.0 Å². The average molecular weight is 342 g/mol. The van der Waals surface area contributed by atoms with Gasteiger partial charge in [-0.15, -0.1) is 0 Å². The van der Waals surface area contributed by atoms with E-state index >= 15 is 0 Å². The second-order valence-electron chi connectivity index (χ2n) is 5.61. The van der Waals surface area contributed by atoms with Gasteiger partial charge in [0.2, 0.25) is 0 Å². The van der Waals surface area contributed by atoms with Gasteiger partial charge in [0.05, 0.1) is 5.69 Å². The Morgan fingerprint density at radius 3 is 2.67 bits per heavy atom. The summed E-state index contributed by atoms with van der Waals surface area (Å²) in [6, 6.07) is 12.2. The summed E-state index contributed by atoms with van der Waals surface area (Å²) >= 11 is 6.06. The Kier molecular flexibility index (Phi) is 4.27. The van der Waals surface area contributed by atoms with Gasteiger partial charge in [-0.1, -0.05) is 23.7 Å². The Labute approximate surface area is 144 Å². The molecule has 24 heavy (non-hydrogen) atoms. The minimum Gasteiger partial charge on any atom is -0.507 e. The van der Waals surface area contributed by atoms with Crippen LogP contribution in [0, 0.1) is 13.8 Å². The van der Waals surface area contributed by atoms with Crippen molar-refractivity contribution in [3.05, 3.63) is 64.3 Å². The highest BCUT2D eigenvalue weighted by Gasteiger charge is 2.14. The van der Waals surface area contributed by atoms with Crippen LogP contribution in [0.5, 0.6) is 5.75 Å². The Balaban J connectivity index is 1.82. The lowest BCUT2D eigenvalue weighted by Crippen LogP contribution is -2.12. The van der Waals surface area contributed by atoms with Gasteiger partial charge in [0.15, 0.2) is 0 Å². The van der Waals surface area contributed by atoms with Crippen molar-refractivity contribution in [2.75, 3.05) is 5.32 Å². The van der Waals surface area contributed by atoms with Crippen LogP contribution in [-0.4, -0.2) is 21.2 Å². The van der Waals surface area contributed by atoms with Gasteiger partial charge in [-0.25, -0.2) is 0 Å². The van der Waals surface area contributed by atoms with Gasteiger partial charge in [0.1, 0.15) is 11.4 Å². The van der Waals surface area contributed by atoms with Crippen LogP contribution in [0.3, 0.4) is 0 Å². The molecule has 1 amide bonds. The Hall–Kier alpha value is -2.79. The molecule has 2 aromatic carbocycles. The minimum absolute atomic E-state index is 0.124. The molecule has 0 radical (unpaired) electrons. The molecule has 0 unspecified atom stereocenters. The number of anilines is 1. The van der Waals surface area contributed by atoms with E-state index in [0.717, 1.165) is 11.1 Å². The fraction of sp³-hybridized carbons (Fsp3) is 0.111. The molecule has 0 spiro atoms. The van der Waals surface area contributed by atoms with E-state index in [0.29, 0.717) is 27.7 Å². The predicted octanol–water partition coefficient (Wildman–Crippen LogP) is 4.30. The molecular formula is C18H16ClN3O2. The van der Waals surface area contributed by atoms with E-state index in [1.54, 1.807) is 30.3 Å². The lowest BCUT2D eigenvalue weighted by atomic mass is 10.1. The molecule has 5 nitrogen and oxygen atoms in total. The number of halogens is 1. The number of aromatic hydroxyl groups is 1. The summed E-state index contributed by atoms with van der Waals surface area (Å²) in [7, 11) is 0. The first-order valence-corrected chi connectivity index (χ1v) is 7.75. The van der Waals surface area contributed by atoms with Crippen molar-refractivity contribution >= 4 is 23.2 Å². The highest BCUT2D eigenvalue weighted by atomic mass is 35.5. The topological polar surface area (TPSA) is 78.0 Å². The number of benzene rings is 2. The molecule has 0 atom stereocenters. The monoisotopic (exact) mass is 341 g/mol. The molecule has 6 heteroatoms. The predicted molar refractivity (Wildman–Crippen MR) is 94.6 cm³/mol. The number of carbonyl (C=O) groups excluding carboxylic acids is 1. The quantitative estimate of drug-likeness (QED) is 0.664. The summed E-state index contributed by atoms with van der Waals surface area (Å²) in [6.07, 6.45) is 0. The summed E-state index contributed by atoms with van der Waals surface area (Å²) in [4.78, 5) is 12.3. The number of carbonyl (C=O) groups is 1. The van der Waals surface area contributed by atoms with Crippen molar-refractivity contribution in [1.82, 2.24) is 10.2 Å². The van der Waals surface area contributed by atoms with Gasteiger partial charge in [0.25, 0.3) is 5.91 Å². The second kappa shape index (κ2) is 6.37. The van der Waals surface area contributed by atoms with Crippen molar-refractivity contribution < 1.29 is 9.90 Å². The van der Waals surface area contributed by atoms with Gasteiger partial charge < -0.3 is 10.4 Å². The highest BCUT2D eigenvalue weighted by Crippen LogP contribution is 2.29. The van der Waals surface area contributed by atoms with E-state index in [-0.39, 0.29) is 11.7 Å². The van der Waals surface area contributed by atoms with Crippen LogP contribution in [-0.2, 0) is 0 Å². The van der Waals surface area contributed by atoms with Crippen LogP contribution in [0.4, 0.5) is 5.69 Å². The molecule has 3 N–H and O–H groups in total. The van der Waals surface area contributed by atoms with Gasteiger partial charge in [-0.3, -0.25) is 9.89 Å². The van der Waals surface area contributed by atoms with Gasteiger partial charge in [-0.2, -0.15) is 5.10 Å². The molecule has 0 aliphatic carbocycles. The zero-order valence-corrected chi connectivity index (χ0v) is 14.0. The first-order chi connectivity index (χ1) is 11.4. The van der Waals surface area contributed by atoms with Gasteiger partial charge in [-0.05, 0) is 55.3 Å². The number of phenols is 1. The van der Waals surface area contributed by atoms with Crippen LogP contribution in [0.15, 0.2) is 42.5 Å². The maximum Gasteiger partial charge on any atom is 0.273 e.